The van der Waals surface area contributed by atoms with Crippen molar-refractivity contribution in [3.8, 4) is 23.1 Å². The molecule has 5 aromatic rings. The summed E-state index contributed by atoms with van der Waals surface area (Å²) in [5.74, 6) is 0.602. The molecule has 38 heavy (non-hydrogen) atoms. The van der Waals surface area contributed by atoms with E-state index in [2.05, 4.69) is 52.9 Å². The van der Waals surface area contributed by atoms with Gasteiger partial charge in [-0.3, -0.25) is 9.59 Å². The van der Waals surface area contributed by atoms with Crippen LogP contribution in [0.5, 0.6) is 11.5 Å². The Bertz CT molecular complexity index is 1810. The summed E-state index contributed by atoms with van der Waals surface area (Å²) in [7, 11) is 1.46. The number of aromatic nitrogens is 2. The average molecular weight is 705 g/mol. The van der Waals surface area contributed by atoms with Crippen molar-refractivity contribution >= 4 is 81.8 Å². The van der Waals surface area contributed by atoms with Crippen LogP contribution >= 0.6 is 47.8 Å². The summed E-state index contributed by atoms with van der Waals surface area (Å²) in [6.07, 6.45) is 1.48. The molecule has 3 aromatic carbocycles. The van der Waals surface area contributed by atoms with E-state index < -0.39 is 5.91 Å². The first-order valence-electron chi connectivity index (χ1n) is 11.0. The van der Waals surface area contributed by atoms with E-state index in [1.165, 1.54) is 18.0 Å². The van der Waals surface area contributed by atoms with Crippen LogP contribution in [0.4, 0.5) is 0 Å². The fourth-order valence-corrected chi connectivity index (χ4v) is 5.08. The Morgan fingerprint density at radius 3 is 2.68 bits per heavy atom. The fraction of sp³-hybridized carbons (Fsp3) is 0.0769. The van der Waals surface area contributed by atoms with Crippen molar-refractivity contribution in [1.29, 1.82) is 0 Å². The number of fused-ring (bicyclic) bond motifs is 2. The van der Waals surface area contributed by atoms with Gasteiger partial charge in [-0.05, 0) is 74.3 Å². The maximum Gasteiger partial charge on any atom is 0.282 e. The molecule has 9 nitrogen and oxygen atoms in total. The second-order valence-electron chi connectivity index (χ2n) is 7.99. The smallest absolute Gasteiger partial charge is 0.282 e. The molecule has 0 aliphatic carbocycles. The number of hydrogen-bond acceptors (Lipinski definition) is 7. The number of rotatable bonds is 7. The third-order valence-electron chi connectivity index (χ3n) is 5.50. The number of para-hydroxylation sites is 1. The number of primary amides is 1. The summed E-state index contributed by atoms with van der Waals surface area (Å²) < 4.78 is 20.1. The molecule has 2 N–H and O–H groups in total. The van der Waals surface area contributed by atoms with Gasteiger partial charge in [0.2, 0.25) is 5.82 Å². The first-order chi connectivity index (χ1) is 18.3. The molecule has 0 spiro atoms. The first-order valence-corrected chi connectivity index (χ1v) is 13.4. The molecule has 1 amide bonds. The van der Waals surface area contributed by atoms with Crippen LogP contribution in [0.3, 0.4) is 0 Å². The van der Waals surface area contributed by atoms with Gasteiger partial charge in [0.1, 0.15) is 5.58 Å². The Labute approximate surface area is 240 Å². The molecular formula is C26H17Br3N4O5. The largest absolute Gasteiger partial charge is 0.493 e. The summed E-state index contributed by atoms with van der Waals surface area (Å²) in [6, 6.07) is 16.1. The summed E-state index contributed by atoms with van der Waals surface area (Å²) in [5, 5.41) is 5.74. The van der Waals surface area contributed by atoms with Crippen molar-refractivity contribution in [3.05, 3.63) is 83.9 Å². The van der Waals surface area contributed by atoms with Crippen LogP contribution in [0.1, 0.15) is 5.56 Å². The van der Waals surface area contributed by atoms with Gasteiger partial charge in [0.15, 0.2) is 23.9 Å². The number of carbonyl (C=O) groups is 1. The minimum absolute atomic E-state index is 0.237. The molecular weight excluding hydrogens is 688 g/mol. The number of hydrogen-bond donors (Lipinski definition) is 1. The zero-order valence-corrected chi connectivity index (χ0v) is 24.3. The number of amides is 1. The zero-order chi connectivity index (χ0) is 27.0. The molecule has 0 bridgehead atoms. The normalized spacial score (nSPS) is 11.5. The minimum Gasteiger partial charge on any atom is -0.493 e. The molecule has 0 aliphatic rings. The highest BCUT2D eigenvalue weighted by Gasteiger charge is 2.19. The Balaban J connectivity index is 1.67. The highest BCUT2D eigenvalue weighted by atomic mass is 79.9. The lowest BCUT2D eigenvalue weighted by molar-refractivity contribution is -0.119. The number of furan rings is 1. The molecule has 0 fully saturated rings. The van der Waals surface area contributed by atoms with Crippen LogP contribution in [-0.4, -0.2) is 35.5 Å². The van der Waals surface area contributed by atoms with Crippen molar-refractivity contribution in [2.75, 3.05) is 13.7 Å². The quantitative estimate of drug-likeness (QED) is 0.212. The predicted octanol–water partition coefficient (Wildman–Crippen LogP) is 5.85. The Morgan fingerprint density at radius 1 is 1.13 bits per heavy atom. The van der Waals surface area contributed by atoms with Gasteiger partial charge in [0.25, 0.3) is 11.5 Å². The lowest BCUT2D eigenvalue weighted by Gasteiger charge is -2.14. The zero-order valence-electron chi connectivity index (χ0n) is 19.6. The minimum atomic E-state index is -0.630. The van der Waals surface area contributed by atoms with E-state index in [0.29, 0.717) is 42.5 Å². The number of nitrogens with zero attached hydrogens (tertiary/aromatic N) is 3. The molecule has 2 heterocycles. The van der Waals surface area contributed by atoms with Gasteiger partial charge in [-0.15, -0.1) is 0 Å². The first kappa shape index (κ1) is 26.1. The molecule has 0 atom stereocenters. The molecule has 12 heteroatoms. The van der Waals surface area contributed by atoms with Gasteiger partial charge < -0.3 is 19.6 Å². The second kappa shape index (κ2) is 10.7. The summed E-state index contributed by atoms with van der Waals surface area (Å²) in [4.78, 5) is 29.4. The maximum atomic E-state index is 13.5. The van der Waals surface area contributed by atoms with E-state index in [1.807, 2.05) is 30.3 Å². The molecule has 0 unspecified atom stereocenters. The number of methoxy groups -OCH3 is 1. The Hall–Kier alpha value is -3.48. The number of carbonyl (C=O) groups excluding carboxylic acids is 1. The van der Waals surface area contributed by atoms with Gasteiger partial charge in [0, 0.05) is 19.9 Å². The van der Waals surface area contributed by atoms with E-state index in [0.717, 1.165) is 9.86 Å². The van der Waals surface area contributed by atoms with Crippen molar-refractivity contribution in [2.45, 2.75) is 0 Å². The van der Waals surface area contributed by atoms with Gasteiger partial charge in [-0.1, -0.05) is 28.1 Å². The average Bonchev–Trinajstić information content (AvgIpc) is 3.32. The van der Waals surface area contributed by atoms with Crippen molar-refractivity contribution < 1.29 is 18.7 Å². The summed E-state index contributed by atoms with van der Waals surface area (Å²) >= 11 is 10.4. The second-order valence-corrected chi connectivity index (χ2v) is 10.5. The van der Waals surface area contributed by atoms with Crippen LogP contribution in [0, 0.1) is 0 Å². The molecule has 0 radical (unpaired) electrons. The van der Waals surface area contributed by atoms with Gasteiger partial charge in [-0.2, -0.15) is 9.78 Å². The highest BCUT2D eigenvalue weighted by Crippen LogP contribution is 2.42. The van der Waals surface area contributed by atoms with Crippen molar-refractivity contribution in [1.82, 2.24) is 9.66 Å². The Morgan fingerprint density at radius 2 is 1.92 bits per heavy atom. The van der Waals surface area contributed by atoms with E-state index in [4.69, 9.17) is 24.6 Å². The molecule has 5 rings (SSSR count). The maximum absolute atomic E-state index is 13.5. The topological polar surface area (TPSA) is 122 Å². The number of halogens is 3. The van der Waals surface area contributed by atoms with E-state index in [1.54, 1.807) is 24.3 Å². The Kier molecular flexibility index (Phi) is 7.37. The van der Waals surface area contributed by atoms with Crippen LogP contribution < -0.4 is 20.8 Å². The van der Waals surface area contributed by atoms with Gasteiger partial charge in [0.05, 0.1) is 28.7 Å². The van der Waals surface area contributed by atoms with E-state index in [-0.39, 0.29) is 23.7 Å². The number of ether oxygens (including phenoxy) is 2. The third-order valence-corrected chi connectivity index (χ3v) is 8.14. The van der Waals surface area contributed by atoms with Crippen LogP contribution in [0.15, 0.2) is 82.3 Å². The monoisotopic (exact) mass is 702 g/mol. The third kappa shape index (κ3) is 4.98. The molecule has 0 aliphatic heterocycles. The number of benzene rings is 3. The van der Waals surface area contributed by atoms with E-state index >= 15 is 0 Å². The number of nitrogens with two attached hydrogens (primary N) is 1. The van der Waals surface area contributed by atoms with Gasteiger partial charge in [-0.25, -0.2) is 4.98 Å². The van der Waals surface area contributed by atoms with E-state index in [9.17, 15) is 9.59 Å². The van der Waals surface area contributed by atoms with Crippen LogP contribution in [-0.2, 0) is 4.79 Å². The van der Waals surface area contributed by atoms with Crippen LogP contribution in [0.25, 0.3) is 33.5 Å². The molecule has 192 valence electrons. The molecule has 2 aromatic heterocycles. The molecule has 0 saturated carbocycles. The highest BCUT2D eigenvalue weighted by molar-refractivity contribution is 9.13. The predicted molar refractivity (Wildman–Crippen MR) is 155 cm³/mol. The standard InChI is InChI=1S/C26H17Br3N4O5/c1-36-19-10-14(22(28)23(29)24(19)37-12-21(30)34)11-31-33-25(32-17-5-3-2-4-16(17)26(33)35)20-9-13-8-15(27)6-7-18(13)38-20/h2-11H,12H2,1H3,(H2,30,34). The van der Waals surface area contributed by atoms with Gasteiger partial charge >= 0.3 is 0 Å². The fourth-order valence-electron chi connectivity index (χ4n) is 3.76. The molecule has 0 saturated heterocycles. The van der Waals surface area contributed by atoms with Crippen LogP contribution in [0.2, 0.25) is 0 Å². The summed E-state index contributed by atoms with van der Waals surface area (Å²) in [5.41, 5.74) is 6.55. The van der Waals surface area contributed by atoms with Crippen molar-refractivity contribution in [2.24, 2.45) is 10.8 Å². The lowest BCUT2D eigenvalue weighted by Crippen LogP contribution is -2.20. The summed E-state index contributed by atoms with van der Waals surface area (Å²) in [6.45, 7) is -0.329. The SMILES string of the molecule is COc1cc(C=Nn2c(-c3cc4cc(Br)ccc4o3)nc3ccccc3c2=O)c(Br)c(Br)c1OCC(N)=O. The van der Waals surface area contributed by atoms with Crippen molar-refractivity contribution in [3.63, 3.8) is 0 Å². The lowest BCUT2D eigenvalue weighted by atomic mass is 10.2.